The van der Waals surface area contributed by atoms with Gasteiger partial charge >= 0.3 is 12.2 Å². The number of carbonyl (C=O) groups is 1. The average Bonchev–Trinajstić information content (AvgIpc) is 3.30. The Labute approximate surface area is 230 Å². The average molecular weight is 582 g/mol. The third-order valence-electron chi connectivity index (χ3n) is 5.21. The number of carbonyl (C=O) groups excluding carboxylic acids is 1. The van der Waals surface area contributed by atoms with Crippen LogP contribution in [0.4, 0.5) is 23.7 Å². The van der Waals surface area contributed by atoms with E-state index in [0.717, 1.165) is 23.4 Å². The molecule has 4 rings (SSSR count). The van der Waals surface area contributed by atoms with Gasteiger partial charge in [-0.1, -0.05) is 53.2 Å². The van der Waals surface area contributed by atoms with Gasteiger partial charge in [0, 0.05) is 16.5 Å². The first-order chi connectivity index (χ1) is 18.1. The van der Waals surface area contributed by atoms with Crippen molar-refractivity contribution in [2.45, 2.75) is 23.6 Å². The predicted octanol–water partition coefficient (Wildman–Crippen LogP) is 7.22. The number of alkyl halides is 3. The third-order valence-corrected chi connectivity index (χ3v) is 6.76. The van der Waals surface area contributed by atoms with Gasteiger partial charge in [-0.25, -0.2) is 4.79 Å². The van der Waals surface area contributed by atoms with Crippen molar-refractivity contribution < 1.29 is 22.7 Å². The highest BCUT2D eigenvalue weighted by Gasteiger charge is 2.30. The van der Waals surface area contributed by atoms with E-state index in [0.29, 0.717) is 32.5 Å². The van der Waals surface area contributed by atoms with Crippen molar-refractivity contribution in [2.24, 2.45) is 0 Å². The summed E-state index contributed by atoms with van der Waals surface area (Å²) in [5, 5.41) is 14.8. The highest BCUT2D eigenvalue weighted by molar-refractivity contribution is 7.98. The topological polar surface area (TPSA) is 81.1 Å². The van der Waals surface area contributed by atoms with Crippen LogP contribution in [0.5, 0.6) is 5.75 Å². The maximum Gasteiger partial charge on any atom is 0.416 e. The third kappa shape index (κ3) is 6.91. The number of hydrogen-bond donors (Lipinski definition) is 2. The number of aromatic nitrogens is 3. The zero-order valence-electron chi connectivity index (χ0n) is 19.7. The molecule has 38 heavy (non-hydrogen) atoms. The van der Waals surface area contributed by atoms with Gasteiger partial charge in [-0.05, 0) is 54.1 Å². The number of nitrogens with one attached hydrogen (secondary N) is 2. The van der Waals surface area contributed by atoms with Gasteiger partial charge in [-0.3, -0.25) is 4.57 Å². The Balaban J connectivity index is 1.54. The first kappa shape index (κ1) is 27.6. The highest BCUT2D eigenvalue weighted by Crippen LogP contribution is 2.32. The van der Waals surface area contributed by atoms with Crippen molar-refractivity contribution in [3.8, 4) is 11.4 Å². The Bertz CT molecular complexity index is 1450. The maximum atomic E-state index is 13.0. The van der Waals surface area contributed by atoms with Crippen molar-refractivity contribution in [3.05, 3.63) is 93.7 Å². The van der Waals surface area contributed by atoms with Gasteiger partial charge in [0.15, 0.2) is 11.0 Å². The molecule has 7 nitrogen and oxygen atoms in total. The molecule has 0 saturated carbocycles. The van der Waals surface area contributed by atoms with E-state index >= 15 is 0 Å². The second-order valence-corrected chi connectivity index (χ2v) is 9.64. The highest BCUT2D eigenvalue weighted by atomic mass is 35.5. The second kappa shape index (κ2) is 12.0. The van der Waals surface area contributed by atoms with Gasteiger partial charge in [0.2, 0.25) is 0 Å². The molecule has 2 amide bonds. The van der Waals surface area contributed by atoms with E-state index in [9.17, 15) is 18.0 Å². The molecule has 1 aromatic heterocycles. The zero-order chi connectivity index (χ0) is 27.3. The lowest BCUT2D eigenvalue weighted by Crippen LogP contribution is -2.29. The molecule has 0 unspecified atom stereocenters. The van der Waals surface area contributed by atoms with E-state index in [-0.39, 0.29) is 12.2 Å². The Morgan fingerprint density at radius 1 is 1.05 bits per heavy atom. The molecule has 198 valence electrons. The molecule has 0 radical (unpaired) electrons. The van der Waals surface area contributed by atoms with Crippen molar-refractivity contribution >= 4 is 46.7 Å². The molecular formula is C25H20Cl2F3N5O2S. The molecule has 13 heteroatoms. The second-order valence-electron chi connectivity index (χ2n) is 7.86. The molecule has 0 atom stereocenters. The van der Waals surface area contributed by atoms with Crippen molar-refractivity contribution in [1.82, 2.24) is 20.1 Å². The summed E-state index contributed by atoms with van der Waals surface area (Å²) >= 11 is 14.1. The van der Waals surface area contributed by atoms with Crippen LogP contribution in [0, 0.1) is 0 Å². The lowest BCUT2D eigenvalue weighted by molar-refractivity contribution is -0.137. The fraction of sp³-hybridized carbons (Fsp3) is 0.160. The van der Waals surface area contributed by atoms with Crippen LogP contribution in [-0.4, -0.2) is 27.9 Å². The summed E-state index contributed by atoms with van der Waals surface area (Å²) in [6.07, 6.45) is -4.53. The van der Waals surface area contributed by atoms with E-state index < -0.39 is 17.8 Å². The van der Waals surface area contributed by atoms with Gasteiger partial charge in [-0.2, -0.15) is 13.2 Å². The number of thioether (sulfide) groups is 1. The minimum atomic E-state index is -4.53. The Kier molecular flexibility index (Phi) is 8.70. The van der Waals surface area contributed by atoms with Gasteiger partial charge in [0.1, 0.15) is 5.75 Å². The molecular weight excluding hydrogens is 562 g/mol. The molecule has 0 saturated heterocycles. The number of nitrogens with zero attached hydrogens (tertiary/aromatic N) is 3. The van der Waals surface area contributed by atoms with E-state index in [1.54, 1.807) is 29.9 Å². The lowest BCUT2D eigenvalue weighted by Gasteiger charge is -2.14. The van der Waals surface area contributed by atoms with Crippen LogP contribution in [0.25, 0.3) is 5.69 Å². The van der Waals surface area contributed by atoms with Crippen molar-refractivity contribution in [1.29, 1.82) is 0 Å². The van der Waals surface area contributed by atoms with E-state index in [2.05, 4.69) is 20.8 Å². The lowest BCUT2D eigenvalue weighted by atomic mass is 10.2. The summed E-state index contributed by atoms with van der Waals surface area (Å²) in [5.41, 5.74) is 0.614. The van der Waals surface area contributed by atoms with Crippen LogP contribution in [0.2, 0.25) is 10.0 Å². The smallest absolute Gasteiger partial charge is 0.416 e. The Hall–Kier alpha value is -3.41. The number of methoxy groups -OCH3 is 1. The van der Waals surface area contributed by atoms with Gasteiger partial charge in [-0.15, -0.1) is 10.2 Å². The minimum Gasteiger partial charge on any atom is -0.497 e. The van der Waals surface area contributed by atoms with Crippen LogP contribution in [0.3, 0.4) is 0 Å². The van der Waals surface area contributed by atoms with Crippen LogP contribution in [0.15, 0.2) is 71.9 Å². The number of amides is 2. The van der Waals surface area contributed by atoms with Crippen LogP contribution in [0.1, 0.15) is 17.0 Å². The minimum absolute atomic E-state index is 0.00814. The fourth-order valence-corrected chi connectivity index (χ4v) is 4.70. The summed E-state index contributed by atoms with van der Waals surface area (Å²) in [6.45, 7) is -0.0969. The van der Waals surface area contributed by atoms with Gasteiger partial charge < -0.3 is 15.4 Å². The number of hydrogen-bond acceptors (Lipinski definition) is 5. The van der Waals surface area contributed by atoms with Gasteiger partial charge in [0.25, 0.3) is 0 Å². The Morgan fingerprint density at radius 3 is 2.61 bits per heavy atom. The maximum absolute atomic E-state index is 13.0. The van der Waals surface area contributed by atoms with Crippen LogP contribution in [-0.2, 0) is 18.5 Å². The summed E-state index contributed by atoms with van der Waals surface area (Å²) in [4.78, 5) is 12.5. The summed E-state index contributed by atoms with van der Waals surface area (Å²) in [7, 11) is 1.59. The Morgan fingerprint density at radius 2 is 1.84 bits per heavy atom. The molecule has 0 aliphatic heterocycles. The number of benzene rings is 3. The van der Waals surface area contributed by atoms with Crippen LogP contribution < -0.4 is 15.4 Å². The van der Waals surface area contributed by atoms with Crippen molar-refractivity contribution in [2.75, 3.05) is 12.4 Å². The molecule has 0 spiro atoms. The predicted molar refractivity (Wildman–Crippen MR) is 141 cm³/mol. The quantitative estimate of drug-likeness (QED) is 0.215. The summed E-state index contributed by atoms with van der Waals surface area (Å²) < 4.78 is 45.9. The summed E-state index contributed by atoms with van der Waals surface area (Å²) in [5.74, 6) is 1.59. The first-order valence-corrected chi connectivity index (χ1v) is 12.8. The SMILES string of the molecule is COc1cccc(CSc2nnc(CNC(=O)Nc3cccc(C(F)(F)F)c3)n2-c2cc(Cl)ccc2Cl)c1. The number of urea groups is 1. The first-order valence-electron chi connectivity index (χ1n) is 11.0. The zero-order valence-corrected chi connectivity index (χ0v) is 22.0. The monoisotopic (exact) mass is 581 g/mol. The standard InChI is InChI=1S/C25H20Cl2F3N5O2S/c1-37-19-7-2-4-15(10-19)14-38-24-34-33-22(35(24)21-12-17(26)8-9-20(21)27)13-31-23(36)32-18-6-3-5-16(11-18)25(28,29)30/h2-12H,13-14H2,1H3,(H2,31,32,36). The fourth-order valence-electron chi connectivity index (χ4n) is 3.43. The summed E-state index contributed by atoms with van der Waals surface area (Å²) in [6, 6.07) is 16.1. The molecule has 2 N–H and O–H groups in total. The van der Waals surface area contributed by atoms with Crippen molar-refractivity contribution in [3.63, 3.8) is 0 Å². The molecule has 0 fully saturated rings. The molecule has 1 heterocycles. The number of rotatable bonds is 8. The largest absolute Gasteiger partial charge is 0.497 e. The molecule has 4 aromatic rings. The van der Waals surface area contributed by atoms with E-state index in [4.69, 9.17) is 27.9 Å². The molecule has 3 aromatic carbocycles. The normalized spacial score (nSPS) is 11.3. The van der Waals surface area contributed by atoms with E-state index in [1.807, 2.05) is 24.3 Å². The van der Waals surface area contributed by atoms with Crippen LogP contribution >= 0.6 is 35.0 Å². The number of ether oxygens (including phenoxy) is 1. The molecule has 0 bridgehead atoms. The van der Waals surface area contributed by atoms with E-state index in [1.165, 1.54) is 23.9 Å². The number of anilines is 1. The number of halogens is 5. The molecule has 0 aliphatic rings. The van der Waals surface area contributed by atoms with Gasteiger partial charge in [0.05, 0.1) is 29.9 Å². The molecule has 0 aliphatic carbocycles.